The molecule has 0 atom stereocenters. The molecule has 0 saturated heterocycles. The molecule has 19 heavy (non-hydrogen) atoms. The number of halogens is 1. The fraction of sp³-hybridized carbons (Fsp3) is 0.250. The number of anilines is 1. The van der Waals surface area contributed by atoms with Crippen molar-refractivity contribution in [2.24, 2.45) is 0 Å². The van der Waals surface area contributed by atoms with Crippen LogP contribution in [0.1, 0.15) is 0 Å². The molecule has 0 aliphatic rings. The number of nitrogens with one attached hydrogen (secondary N) is 1. The normalized spacial score (nSPS) is 11.3. The number of sulfonamides is 1. The topological polar surface area (TPSA) is 66.5 Å². The Labute approximate surface area is 121 Å². The average Bonchev–Trinajstić information content (AvgIpc) is 2.27. The van der Waals surface area contributed by atoms with Gasteiger partial charge in [0.15, 0.2) is 0 Å². The molecule has 0 spiro atoms. The summed E-state index contributed by atoms with van der Waals surface area (Å²) in [5.41, 5.74) is 0.603. The first-order valence-corrected chi connectivity index (χ1v) is 8.08. The molecular weight excluding hydrogens is 332 g/mol. The molecule has 0 unspecified atom stereocenters. The van der Waals surface area contributed by atoms with Crippen LogP contribution in [0, 0.1) is 0 Å². The van der Waals surface area contributed by atoms with Crippen molar-refractivity contribution >= 4 is 37.5 Å². The summed E-state index contributed by atoms with van der Waals surface area (Å²) in [6.07, 6.45) is 2.50. The maximum atomic E-state index is 11.8. The summed E-state index contributed by atoms with van der Waals surface area (Å²) in [7, 11) is -3.43. The van der Waals surface area contributed by atoms with Crippen LogP contribution >= 0.6 is 15.9 Å². The quantitative estimate of drug-likeness (QED) is 0.799. The number of nitrogens with zero attached hydrogens (tertiary/aromatic N) is 1. The van der Waals surface area contributed by atoms with Crippen molar-refractivity contribution in [2.45, 2.75) is 0 Å². The van der Waals surface area contributed by atoms with E-state index in [-0.39, 0.29) is 13.1 Å². The summed E-state index contributed by atoms with van der Waals surface area (Å²) >= 11 is 3.29. The third kappa shape index (κ3) is 5.54. The summed E-state index contributed by atoms with van der Waals surface area (Å²) in [4.78, 5) is 11.8. The van der Waals surface area contributed by atoms with Gasteiger partial charge < -0.3 is 5.32 Å². The fourth-order valence-electron chi connectivity index (χ4n) is 1.39. The summed E-state index contributed by atoms with van der Waals surface area (Å²) in [5.74, 6) is -0.398. The molecule has 1 amide bonds. The summed E-state index contributed by atoms with van der Waals surface area (Å²) < 4.78 is 24.8. The van der Waals surface area contributed by atoms with E-state index < -0.39 is 15.9 Å². The lowest BCUT2D eigenvalue weighted by molar-refractivity contribution is -0.116. The summed E-state index contributed by atoms with van der Waals surface area (Å²) in [6.45, 7) is 3.34. The van der Waals surface area contributed by atoms with Crippen molar-refractivity contribution in [2.75, 3.05) is 24.7 Å². The van der Waals surface area contributed by atoms with Crippen molar-refractivity contribution in [3.63, 3.8) is 0 Å². The maximum Gasteiger partial charge on any atom is 0.239 e. The van der Waals surface area contributed by atoms with Crippen molar-refractivity contribution < 1.29 is 13.2 Å². The number of hydrogen-bond acceptors (Lipinski definition) is 3. The van der Waals surface area contributed by atoms with Gasteiger partial charge in [0.05, 0.1) is 12.8 Å². The van der Waals surface area contributed by atoms with Gasteiger partial charge in [0.1, 0.15) is 0 Å². The number of amides is 1. The van der Waals surface area contributed by atoms with Gasteiger partial charge in [-0.1, -0.05) is 28.1 Å². The van der Waals surface area contributed by atoms with Crippen molar-refractivity contribution in [3.05, 3.63) is 41.4 Å². The van der Waals surface area contributed by atoms with E-state index in [4.69, 9.17) is 0 Å². The smallest absolute Gasteiger partial charge is 0.239 e. The largest absolute Gasteiger partial charge is 0.325 e. The first kappa shape index (κ1) is 15.9. The van der Waals surface area contributed by atoms with Gasteiger partial charge in [-0.3, -0.25) is 4.79 Å². The highest BCUT2D eigenvalue weighted by molar-refractivity contribution is 9.10. The Morgan fingerprint density at radius 2 is 2.21 bits per heavy atom. The van der Waals surface area contributed by atoms with Crippen LogP contribution in [-0.2, 0) is 14.8 Å². The molecule has 0 aromatic heterocycles. The standard InChI is InChI=1S/C12H15BrN2O3S/c1-3-7-15(19(2,17)18)9-12(16)14-11-6-4-5-10(13)8-11/h3-6,8H,1,7,9H2,2H3,(H,14,16). The highest BCUT2D eigenvalue weighted by Gasteiger charge is 2.18. The fourth-order valence-corrected chi connectivity index (χ4v) is 2.52. The van der Waals surface area contributed by atoms with Crippen LogP contribution in [-0.4, -0.2) is 38.0 Å². The Hall–Kier alpha value is -1.18. The van der Waals surface area contributed by atoms with Gasteiger partial charge in [0.2, 0.25) is 15.9 Å². The van der Waals surface area contributed by atoms with E-state index in [2.05, 4.69) is 27.8 Å². The highest BCUT2D eigenvalue weighted by Crippen LogP contribution is 2.15. The first-order valence-electron chi connectivity index (χ1n) is 5.44. The van der Waals surface area contributed by atoms with E-state index in [9.17, 15) is 13.2 Å². The van der Waals surface area contributed by atoms with Gasteiger partial charge in [0.25, 0.3) is 0 Å². The second-order valence-corrected chi connectivity index (χ2v) is 6.80. The Bertz CT molecular complexity index is 572. The molecule has 7 heteroatoms. The van der Waals surface area contributed by atoms with Crippen LogP contribution in [0.2, 0.25) is 0 Å². The Morgan fingerprint density at radius 1 is 1.53 bits per heavy atom. The second-order valence-electron chi connectivity index (χ2n) is 3.90. The third-order valence-corrected chi connectivity index (χ3v) is 3.94. The van der Waals surface area contributed by atoms with Gasteiger partial charge in [-0.2, -0.15) is 4.31 Å². The van der Waals surface area contributed by atoms with Crippen molar-refractivity contribution in [3.8, 4) is 0 Å². The number of carbonyl (C=O) groups excluding carboxylic acids is 1. The van der Waals surface area contributed by atoms with Crippen molar-refractivity contribution in [1.29, 1.82) is 0 Å². The van der Waals surface area contributed by atoms with Crippen molar-refractivity contribution in [1.82, 2.24) is 4.31 Å². The lowest BCUT2D eigenvalue weighted by Gasteiger charge is -2.17. The number of benzene rings is 1. The van der Waals surface area contributed by atoms with E-state index in [1.54, 1.807) is 18.2 Å². The van der Waals surface area contributed by atoms with Crippen LogP contribution in [0.5, 0.6) is 0 Å². The molecule has 1 N–H and O–H groups in total. The Morgan fingerprint density at radius 3 is 2.74 bits per heavy atom. The van der Waals surface area contributed by atoms with Gasteiger partial charge in [-0.15, -0.1) is 6.58 Å². The van der Waals surface area contributed by atoms with Crippen LogP contribution in [0.25, 0.3) is 0 Å². The zero-order valence-electron chi connectivity index (χ0n) is 10.5. The monoisotopic (exact) mass is 346 g/mol. The molecular formula is C12H15BrN2O3S. The van der Waals surface area contributed by atoms with E-state index >= 15 is 0 Å². The molecule has 0 bridgehead atoms. The zero-order valence-corrected chi connectivity index (χ0v) is 12.9. The minimum Gasteiger partial charge on any atom is -0.325 e. The van der Waals surface area contributed by atoms with E-state index in [0.29, 0.717) is 5.69 Å². The third-order valence-electron chi connectivity index (χ3n) is 2.23. The van der Waals surface area contributed by atoms with Gasteiger partial charge >= 0.3 is 0 Å². The highest BCUT2D eigenvalue weighted by atomic mass is 79.9. The first-order chi connectivity index (χ1) is 8.82. The minimum absolute atomic E-state index is 0.102. The SMILES string of the molecule is C=CCN(CC(=O)Nc1cccc(Br)c1)S(C)(=O)=O. The van der Waals surface area contributed by atoms with E-state index in [0.717, 1.165) is 15.0 Å². The molecule has 1 rings (SSSR count). The van der Waals surface area contributed by atoms with E-state index in [1.807, 2.05) is 6.07 Å². The number of hydrogen-bond donors (Lipinski definition) is 1. The summed E-state index contributed by atoms with van der Waals surface area (Å²) in [6, 6.07) is 7.06. The lowest BCUT2D eigenvalue weighted by atomic mass is 10.3. The summed E-state index contributed by atoms with van der Waals surface area (Å²) in [5, 5.41) is 2.63. The number of carbonyl (C=O) groups is 1. The van der Waals surface area contributed by atoms with E-state index in [1.165, 1.54) is 6.08 Å². The van der Waals surface area contributed by atoms with Crippen LogP contribution in [0.15, 0.2) is 41.4 Å². The maximum absolute atomic E-state index is 11.8. The Kier molecular flexibility index (Phi) is 5.71. The Balaban J connectivity index is 2.71. The zero-order chi connectivity index (χ0) is 14.5. The number of rotatable bonds is 6. The molecule has 0 saturated carbocycles. The van der Waals surface area contributed by atoms with Gasteiger partial charge in [-0.05, 0) is 18.2 Å². The van der Waals surface area contributed by atoms with Crippen LogP contribution in [0.4, 0.5) is 5.69 Å². The molecule has 0 radical (unpaired) electrons. The predicted molar refractivity (Wildman–Crippen MR) is 79.4 cm³/mol. The molecule has 0 heterocycles. The average molecular weight is 347 g/mol. The molecule has 104 valence electrons. The van der Waals surface area contributed by atoms with Crippen LogP contribution < -0.4 is 5.32 Å². The molecule has 0 aliphatic heterocycles. The van der Waals surface area contributed by atoms with Crippen LogP contribution in [0.3, 0.4) is 0 Å². The molecule has 1 aromatic carbocycles. The molecule has 1 aromatic rings. The molecule has 5 nitrogen and oxygen atoms in total. The van der Waals surface area contributed by atoms with Gasteiger partial charge in [-0.25, -0.2) is 8.42 Å². The predicted octanol–water partition coefficient (Wildman–Crippen LogP) is 1.84. The van der Waals surface area contributed by atoms with Gasteiger partial charge in [0, 0.05) is 16.7 Å². The minimum atomic E-state index is -3.43. The molecule has 0 fully saturated rings. The second kappa shape index (κ2) is 6.83. The lowest BCUT2D eigenvalue weighted by Crippen LogP contribution is -2.37. The molecule has 0 aliphatic carbocycles.